The summed E-state index contributed by atoms with van der Waals surface area (Å²) in [5, 5.41) is 8.92. The monoisotopic (exact) mass is 222 g/mol. The molecule has 1 saturated carbocycles. The van der Waals surface area contributed by atoms with E-state index >= 15 is 0 Å². The van der Waals surface area contributed by atoms with E-state index in [0.717, 1.165) is 5.75 Å². The quantitative estimate of drug-likeness (QED) is 0.851. The molecule has 1 aromatic carbocycles. The fraction of sp³-hybridized carbons (Fsp3) is 0.417. The highest BCUT2D eigenvalue weighted by molar-refractivity contribution is 7.98. The molecule has 0 radical (unpaired) electrons. The van der Waals surface area contributed by atoms with Crippen molar-refractivity contribution in [2.45, 2.75) is 18.3 Å². The summed E-state index contributed by atoms with van der Waals surface area (Å²) in [6.07, 6.45) is 4.48. The first-order valence-electron chi connectivity index (χ1n) is 5.01. The third-order valence-corrected chi connectivity index (χ3v) is 3.84. The van der Waals surface area contributed by atoms with Gasteiger partial charge in [-0.3, -0.25) is 0 Å². The second-order valence-electron chi connectivity index (χ2n) is 4.10. The average Bonchev–Trinajstić information content (AvgIpc) is 3.00. The van der Waals surface area contributed by atoms with Crippen LogP contribution in [0.2, 0.25) is 0 Å². The molecule has 0 bridgehead atoms. The number of benzene rings is 1. The molecule has 0 aromatic heterocycles. The maximum atomic E-state index is 10.9. The highest BCUT2D eigenvalue weighted by Crippen LogP contribution is 2.50. The number of thioether (sulfide) groups is 1. The van der Waals surface area contributed by atoms with Gasteiger partial charge in [0.25, 0.3) is 0 Å². The minimum atomic E-state index is -0.836. The number of carboxylic acid groups (broad SMARTS) is 1. The standard InChI is InChI=1S/C12H14O2S/c1-15-8-12(5-6-12)10-4-2-3-9(7-10)11(13)14/h2-4,7H,5-6,8H2,1H3,(H,13,14). The first-order chi connectivity index (χ1) is 7.18. The predicted octanol–water partition coefficient (Wildman–Crippen LogP) is 2.78. The van der Waals surface area contributed by atoms with Crippen LogP contribution in [-0.4, -0.2) is 23.1 Å². The number of carbonyl (C=O) groups is 1. The lowest BCUT2D eigenvalue weighted by Gasteiger charge is -2.14. The summed E-state index contributed by atoms with van der Waals surface area (Å²) in [5.41, 5.74) is 1.86. The van der Waals surface area contributed by atoms with E-state index in [1.165, 1.54) is 18.4 Å². The molecule has 0 spiro atoms. The van der Waals surface area contributed by atoms with E-state index in [9.17, 15) is 4.79 Å². The Hall–Kier alpha value is -0.960. The molecule has 2 rings (SSSR count). The van der Waals surface area contributed by atoms with Crippen molar-refractivity contribution in [1.29, 1.82) is 0 Å². The lowest BCUT2D eigenvalue weighted by molar-refractivity contribution is 0.0697. The lowest BCUT2D eigenvalue weighted by atomic mass is 9.96. The maximum Gasteiger partial charge on any atom is 0.335 e. The van der Waals surface area contributed by atoms with Crippen molar-refractivity contribution >= 4 is 17.7 Å². The van der Waals surface area contributed by atoms with Crippen molar-refractivity contribution in [2.24, 2.45) is 0 Å². The Morgan fingerprint density at radius 2 is 2.27 bits per heavy atom. The third-order valence-electron chi connectivity index (χ3n) is 3.00. The molecule has 1 aliphatic carbocycles. The van der Waals surface area contributed by atoms with E-state index in [0.29, 0.717) is 5.56 Å². The van der Waals surface area contributed by atoms with Crippen LogP contribution in [0.1, 0.15) is 28.8 Å². The molecule has 0 amide bonds. The molecule has 0 heterocycles. The van der Waals surface area contributed by atoms with Crippen LogP contribution in [0, 0.1) is 0 Å². The second kappa shape index (κ2) is 3.89. The Bertz CT molecular complexity index is 383. The van der Waals surface area contributed by atoms with Crippen LogP contribution < -0.4 is 0 Å². The Morgan fingerprint density at radius 1 is 1.53 bits per heavy atom. The minimum absolute atomic E-state index is 0.269. The summed E-state index contributed by atoms with van der Waals surface area (Å²) in [7, 11) is 0. The molecular formula is C12H14O2S. The van der Waals surface area contributed by atoms with Crippen molar-refractivity contribution in [3.8, 4) is 0 Å². The number of carboxylic acids is 1. The molecule has 0 atom stereocenters. The van der Waals surface area contributed by atoms with Crippen LogP contribution in [0.3, 0.4) is 0 Å². The Morgan fingerprint density at radius 3 is 2.80 bits per heavy atom. The fourth-order valence-corrected chi connectivity index (χ4v) is 2.93. The molecule has 1 aliphatic rings. The molecule has 1 fully saturated rings. The molecule has 15 heavy (non-hydrogen) atoms. The normalized spacial score (nSPS) is 17.4. The van der Waals surface area contributed by atoms with Gasteiger partial charge in [0.15, 0.2) is 0 Å². The van der Waals surface area contributed by atoms with Crippen LogP contribution in [-0.2, 0) is 5.41 Å². The lowest BCUT2D eigenvalue weighted by Crippen LogP contribution is -2.10. The molecule has 0 aliphatic heterocycles. The van der Waals surface area contributed by atoms with Crippen LogP contribution in [0.4, 0.5) is 0 Å². The summed E-state index contributed by atoms with van der Waals surface area (Å²) in [6.45, 7) is 0. The van der Waals surface area contributed by atoms with Gasteiger partial charge in [-0.25, -0.2) is 4.79 Å². The van der Waals surface area contributed by atoms with Crippen molar-refractivity contribution < 1.29 is 9.90 Å². The zero-order chi connectivity index (χ0) is 10.9. The molecule has 0 saturated heterocycles. The molecule has 2 nitrogen and oxygen atoms in total. The third kappa shape index (κ3) is 2.02. The first kappa shape index (κ1) is 10.6. The first-order valence-corrected chi connectivity index (χ1v) is 6.40. The Balaban J connectivity index is 2.29. The van der Waals surface area contributed by atoms with Crippen molar-refractivity contribution in [3.63, 3.8) is 0 Å². The molecule has 1 aromatic rings. The Labute approximate surface area is 93.7 Å². The highest BCUT2D eigenvalue weighted by atomic mass is 32.2. The summed E-state index contributed by atoms with van der Waals surface area (Å²) in [5.74, 6) is 0.257. The van der Waals surface area contributed by atoms with Gasteiger partial charge >= 0.3 is 5.97 Å². The number of rotatable bonds is 4. The van der Waals surface area contributed by atoms with Gasteiger partial charge in [-0.2, -0.15) is 11.8 Å². The molecule has 0 unspecified atom stereocenters. The van der Waals surface area contributed by atoms with Crippen molar-refractivity contribution in [3.05, 3.63) is 35.4 Å². The predicted molar refractivity (Wildman–Crippen MR) is 62.7 cm³/mol. The summed E-state index contributed by atoms with van der Waals surface area (Å²) >= 11 is 1.83. The van der Waals surface area contributed by atoms with E-state index in [4.69, 9.17) is 5.11 Å². The number of hydrogen-bond donors (Lipinski definition) is 1. The van der Waals surface area contributed by atoms with E-state index in [1.807, 2.05) is 23.9 Å². The van der Waals surface area contributed by atoms with E-state index < -0.39 is 5.97 Å². The highest BCUT2D eigenvalue weighted by Gasteiger charge is 2.43. The SMILES string of the molecule is CSCC1(c2cccc(C(=O)O)c2)CC1. The minimum Gasteiger partial charge on any atom is -0.478 e. The summed E-state index contributed by atoms with van der Waals surface area (Å²) < 4.78 is 0. The van der Waals surface area contributed by atoms with Crippen LogP contribution >= 0.6 is 11.8 Å². The maximum absolute atomic E-state index is 10.9. The largest absolute Gasteiger partial charge is 0.478 e. The van der Waals surface area contributed by atoms with Gasteiger partial charge in [-0.05, 0) is 36.8 Å². The molecule has 80 valence electrons. The van der Waals surface area contributed by atoms with Gasteiger partial charge in [0.05, 0.1) is 5.56 Å². The number of hydrogen-bond acceptors (Lipinski definition) is 2. The molecule has 3 heteroatoms. The zero-order valence-electron chi connectivity index (χ0n) is 8.69. The van der Waals surface area contributed by atoms with E-state index in [-0.39, 0.29) is 5.41 Å². The average molecular weight is 222 g/mol. The van der Waals surface area contributed by atoms with Gasteiger partial charge in [-0.1, -0.05) is 12.1 Å². The van der Waals surface area contributed by atoms with Gasteiger partial charge in [0.2, 0.25) is 0 Å². The second-order valence-corrected chi connectivity index (χ2v) is 4.97. The van der Waals surface area contributed by atoms with Gasteiger partial charge in [-0.15, -0.1) is 0 Å². The topological polar surface area (TPSA) is 37.3 Å². The Kier molecular flexibility index (Phi) is 2.74. The van der Waals surface area contributed by atoms with Crippen molar-refractivity contribution in [1.82, 2.24) is 0 Å². The van der Waals surface area contributed by atoms with Crippen molar-refractivity contribution in [2.75, 3.05) is 12.0 Å². The smallest absolute Gasteiger partial charge is 0.335 e. The molecular weight excluding hydrogens is 208 g/mol. The fourth-order valence-electron chi connectivity index (χ4n) is 1.93. The van der Waals surface area contributed by atoms with Crippen LogP contribution in [0.25, 0.3) is 0 Å². The summed E-state index contributed by atoms with van der Waals surface area (Å²) in [4.78, 5) is 10.9. The summed E-state index contributed by atoms with van der Waals surface area (Å²) in [6, 6.07) is 7.38. The van der Waals surface area contributed by atoms with E-state index in [2.05, 4.69) is 12.3 Å². The van der Waals surface area contributed by atoms with Gasteiger partial charge in [0.1, 0.15) is 0 Å². The van der Waals surface area contributed by atoms with E-state index in [1.54, 1.807) is 6.07 Å². The van der Waals surface area contributed by atoms with Gasteiger partial charge < -0.3 is 5.11 Å². The zero-order valence-corrected chi connectivity index (χ0v) is 9.51. The number of aromatic carboxylic acids is 1. The van der Waals surface area contributed by atoms with Crippen LogP contribution in [0.15, 0.2) is 24.3 Å². The van der Waals surface area contributed by atoms with Crippen LogP contribution in [0.5, 0.6) is 0 Å². The van der Waals surface area contributed by atoms with Gasteiger partial charge in [0, 0.05) is 11.2 Å². The molecule has 1 N–H and O–H groups in total.